The number of hydrogen-bond acceptors (Lipinski definition) is 5. The Kier molecular flexibility index (Phi) is 4.99. The van der Waals surface area contributed by atoms with Crippen molar-refractivity contribution in [1.29, 1.82) is 0 Å². The Morgan fingerprint density at radius 1 is 1.07 bits per heavy atom. The molecule has 0 spiro atoms. The summed E-state index contributed by atoms with van der Waals surface area (Å²) in [5.41, 5.74) is 4.03. The highest BCUT2D eigenvalue weighted by atomic mass is 32.2. The van der Waals surface area contributed by atoms with Gasteiger partial charge in [-0.1, -0.05) is 0 Å². The van der Waals surface area contributed by atoms with Gasteiger partial charge in [-0.05, 0) is 67.0 Å². The summed E-state index contributed by atoms with van der Waals surface area (Å²) in [6.07, 6.45) is 7.34. The molecule has 1 amide bonds. The van der Waals surface area contributed by atoms with Crippen LogP contribution in [0.1, 0.15) is 30.4 Å². The van der Waals surface area contributed by atoms with Crippen molar-refractivity contribution in [3.63, 3.8) is 0 Å². The molecular weight excluding hydrogens is 400 g/mol. The Balaban J connectivity index is 1.24. The first-order valence-corrected chi connectivity index (χ1v) is 12.1. The van der Waals surface area contributed by atoms with E-state index in [-0.39, 0.29) is 5.91 Å². The van der Waals surface area contributed by atoms with E-state index in [0.717, 1.165) is 54.9 Å². The van der Waals surface area contributed by atoms with Crippen molar-refractivity contribution in [2.75, 3.05) is 36.0 Å². The van der Waals surface area contributed by atoms with Gasteiger partial charge in [0.2, 0.25) is 15.9 Å². The van der Waals surface area contributed by atoms with Crippen LogP contribution in [0.5, 0.6) is 0 Å². The van der Waals surface area contributed by atoms with Gasteiger partial charge in [0.25, 0.3) is 0 Å². The summed E-state index contributed by atoms with van der Waals surface area (Å²) in [5.74, 6) is 0.473. The summed E-state index contributed by atoms with van der Waals surface area (Å²) < 4.78 is 28.8. The van der Waals surface area contributed by atoms with Gasteiger partial charge < -0.3 is 9.80 Å². The molecule has 4 heterocycles. The number of piperidine rings is 1. The van der Waals surface area contributed by atoms with Crippen LogP contribution < -0.4 is 14.5 Å². The van der Waals surface area contributed by atoms with E-state index in [9.17, 15) is 13.2 Å². The molecule has 0 bridgehead atoms. The highest BCUT2D eigenvalue weighted by Gasteiger charge is 2.33. The lowest BCUT2D eigenvalue weighted by Gasteiger charge is -2.33. The summed E-state index contributed by atoms with van der Waals surface area (Å²) in [7, 11) is -3.56. The maximum absolute atomic E-state index is 13.0. The smallest absolute Gasteiger partial charge is 0.240 e. The lowest BCUT2D eigenvalue weighted by Crippen LogP contribution is -2.38. The topological polar surface area (TPSA) is 82.6 Å². The molecule has 0 unspecified atom stereocenters. The minimum absolute atomic E-state index is 0.146. The number of carbonyl (C=O) groups is 1. The zero-order valence-electron chi connectivity index (χ0n) is 16.9. The van der Waals surface area contributed by atoms with Gasteiger partial charge in [-0.2, -0.15) is 0 Å². The van der Waals surface area contributed by atoms with Gasteiger partial charge in [-0.3, -0.25) is 9.78 Å². The molecule has 158 valence electrons. The summed E-state index contributed by atoms with van der Waals surface area (Å²) in [4.78, 5) is 20.7. The highest BCUT2D eigenvalue weighted by Crippen LogP contribution is 2.38. The number of aromatic nitrogens is 1. The lowest BCUT2D eigenvalue weighted by molar-refractivity contribution is -0.118. The number of nitrogens with zero attached hydrogens (tertiary/aromatic N) is 3. The van der Waals surface area contributed by atoms with E-state index in [4.69, 9.17) is 0 Å². The number of aryl methyl sites for hydroxylation is 1. The molecule has 8 heteroatoms. The van der Waals surface area contributed by atoms with E-state index in [0.29, 0.717) is 36.7 Å². The van der Waals surface area contributed by atoms with Gasteiger partial charge in [0, 0.05) is 38.8 Å². The van der Waals surface area contributed by atoms with Gasteiger partial charge in [-0.15, -0.1) is 0 Å². The molecule has 5 rings (SSSR count). The fourth-order valence-electron chi connectivity index (χ4n) is 4.83. The number of benzene rings is 1. The molecule has 0 saturated carbocycles. The largest absolute Gasteiger partial charge is 0.370 e. The van der Waals surface area contributed by atoms with Crippen molar-refractivity contribution in [3.8, 4) is 0 Å². The zero-order valence-corrected chi connectivity index (χ0v) is 17.7. The number of amides is 1. The normalized spacial score (nSPS) is 19.3. The van der Waals surface area contributed by atoms with Gasteiger partial charge in [0.05, 0.1) is 22.5 Å². The standard InChI is InChI=1S/C22H26N4O3S/c27-21-4-3-17-12-20(13-18-7-11-26(21)22(17)18)30(28,29)24-14-16-5-9-25(10-6-16)19-2-1-8-23-15-19/h1-2,8,12-13,15-16,24H,3-7,9-11,14H2. The van der Waals surface area contributed by atoms with Crippen molar-refractivity contribution >= 4 is 27.3 Å². The van der Waals surface area contributed by atoms with Crippen LogP contribution in [0.25, 0.3) is 0 Å². The van der Waals surface area contributed by atoms with E-state index in [1.807, 2.05) is 17.2 Å². The highest BCUT2D eigenvalue weighted by molar-refractivity contribution is 7.89. The van der Waals surface area contributed by atoms with Gasteiger partial charge in [-0.25, -0.2) is 13.1 Å². The van der Waals surface area contributed by atoms with E-state index >= 15 is 0 Å². The molecule has 0 radical (unpaired) electrons. The number of sulfonamides is 1. The maximum atomic E-state index is 13.0. The number of pyridine rings is 1. The number of anilines is 2. The fourth-order valence-corrected chi connectivity index (χ4v) is 6.04. The van der Waals surface area contributed by atoms with Crippen LogP contribution in [0.2, 0.25) is 0 Å². The molecule has 1 aromatic carbocycles. The molecule has 3 aliphatic rings. The third-order valence-electron chi connectivity index (χ3n) is 6.52. The molecule has 1 fully saturated rings. The predicted molar refractivity (Wildman–Crippen MR) is 115 cm³/mol. The van der Waals surface area contributed by atoms with Gasteiger partial charge in [0.1, 0.15) is 0 Å². The molecule has 30 heavy (non-hydrogen) atoms. The van der Waals surface area contributed by atoms with Crippen LogP contribution >= 0.6 is 0 Å². The average Bonchev–Trinajstić information content (AvgIpc) is 3.21. The third-order valence-corrected chi connectivity index (χ3v) is 7.93. The third kappa shape index (κ3) is 3.58. The second-order valence-corrected chi connectivity index (χ2v) is 10.1. The van der Waals surface area contributed by atoms with Crippen LogP contribution in [0.3, 0.4) is 0 Å². The van der Waals surface area contributed by atoms with Crippen molar-refractivity contribution in [3.05, 3.63) is 47.8 Å². The quantitative estimate of drug-likeness (QED) is 0.792. The average molecular weight is 427 g/mol. The van der Waals surface area contributed by atoms with Crippen LogP contribution in [-0.4, -0.2) is 45.5 Å². The maximum Gasteiger partial charge on any atom is 0.240 e. The molecule has 7 nitrogen and oxygen atoms in total. The molecule has 0 atom stereocenters. The Morgan fingerprint density at radius 3 is 2.57 bits per heavy atom. The second-order valence-electron chi connectivity index (χ2n) is 8.38. The van der Waals surface area contributed by atoms with E-state index in [1.165, 1.54) is 0 Å². The van der Waals surface area contributed by atoms with Crippen molar-refractivity contribution in [1.82, 2.24) is 9.71 Å². The van der Waals surface area contributed by atoms with Crippen molar-refractivity contribution < 1.29 is 13.2 Å². The minimum atomic E-state index is -3.56. The van der Waals surface area contributed by atoms with Crippen LogP contribution in [0.15, 0.2) is 41.6 Å². The number of rotatable bonds is 5. The molecule has 1 aromatic heterocycles. The first kappa shape index (κ1) is 19.5. The minimum Gasteiger partial charge on any atom is -0.370 e. The Hall–Kier alpha value is -2.45. The summed E-state index contributed by atoms with van der Waals surface area (Å²) in [5, 5.41) is 0. The molecule has 1 N–H and O–H groups in total. The molecule has 0 aliphatic carbocycles. The Labute approximate surface area is 177 Å². The van der Waals surface area contributed by atoms with E-state index < -0.39 is 10.0 Å². The Morgan fingerprint density at radius 2 is 1.83 bits per heavy atom. The first-order valence-electron chi connectivity index (χ1n) is 10.6. The Bertz CT molecular complexity index is 1060. The van der Waals surface area contributed by atoms with Crippen LogP contribution in [0, 0.1) is 5.92 Å². The fraction of sp³-hybridized carbons (Fsp3) is 0.455. The molecule has 3 aliphatic heterocycles. The lowest BCUT2D eigenvalue weighted by atomic mass is 9.97. The summed E-state index contributed by atoms with van der Waals surface area (Å²) in [6.45, 7) is 2.93. The second kappa shape index (κ2) is 7.67. The van der Waals surface area contributed by atoms with Crippen molar-refractivity contribution in [2.45, 2.75) is 37.0 Å². The van der Waals surface area contributed by atoms with E-state index in [1.54, 1.807) is 18.3 Å². The summed E-state index contributed by atoms with van der Waals surface area (Å²) in [6, 6.07) is 7.52. The van der Waals surface area contributed by atoms with Gasteiger partial charge >= 0.3 is 0 Å². The van der Waals surface area contributed by atoms with Crippen LogP contribution in [0.4, 0.5) is 11.4 Å². The van der Waals surface area contributed by atoms with E-state index in [2.05, 4.69) is 20.7 Å². The van der Waals surface area contributed by atoms with Crippen LogP contribution in [-0.2, 0) is 27.7 Å². The summed E-state index contributed by atoms with van der Waals surface area (Å²) >= 11 is 0. The number of nitrogens with one attached hydrogen (secondary N) is 1. The number of carbonyl (C=O) groups excluding carboxylic acids is 1. The van der Waals surface area contributed by atoms with Crippen molar-refractivity contribution in [2.24, 2.45) is 5.92 Å². The number of hydrogen-bond donors (Lipinski definition) is 1. The zero-order chi connectivity index (χ0) is 20.7. The SMILES string of the molecule is O=C1CCc2cc(S(=O)(=O)NCC3CCN(c4cccnc4)CC3)cc3c2N1CC3. The molecule has 2 aromatic rings. The molecular formula is C22H26N4O3S. The van der Waals surface area contributed by atoms with Gasteiger partial charge in [0.15, 0.2) is 0 Å². The monoisotopic (exact) mass is 426 g/mol. The first-order chi connectivity index (χ1) is 14.5. The molecule has 1 saturated heterocycles. The predicted octanol–water partition coefficient (Wildman–Crippen LogP) is 2.11.